The number of carbonyl (C=O) groups excluding carboxylic acids is 2. The van der Waals surface area contributed by atoms with Crippen molar-refractivity contribution in [1.29, 1.82) is 0 Å². The molecule has 0 saturated carbocycles. The molecule has 0 N–H and O–H groups in total. The second kappa shape index (κ2) is 11.9. The Bertz CT molecular complexity index is 1450. The molecule has 4 aromatic rings. The molecule has 6 nitrogen and oxygen atoms in total. The maximum Gasteiger partial charge on any atom is 0.242 e. The highest BCUT2D eigenvalue weighted by atomic mass is 19.1. The van der Waals surface area contributed by atoms with Crippen LogP contribution in [-0.4, -0.2) is 34.7 Å². The smallest absolute Gasteiger partial charge is 0.242 e. The van der Waals surface area contributed by atoms with Gasteiger partial charge in [0.2, 0.25) is 11.8 Å². The number of hydrogen-bond acceptors (Lipinski definition) is 4. The standard InChI is InChI=1S/C30H27FN2O4/c1-2-16-32(28(34)17-22-8-4-3-5-9-22)20-29(35)33(18-23-12-14-25(31)15-13-23)19-24-21-37-27-11-7-6-10-26(27)30(24)36/h2-15,21H,1,16-20H2. The van der Waals surface area contributed by atoms with Crippen LogP contribution in [0.3, 0.4) is 0 Å². The van der Waals surface area contributed by atoms with Gasteiger partial charge in [0.1, 0.15) is 17.9 Å². The van der Waals surface area contributed by atoms with Gasteiger partial charge in [0.25, 0.3) is 0 Å². The Morgan fingerprint density at radius 2 is 1.54 bits per heavy atom. The van der Waals surface area contributed by atoms with Crippen LogP contribution in [0.15, 0.2) is 107 Å². The Morgan fingerprint density at radius 1 is 0.838 bits per heavy atom. The van der Waals surface area contributed by atoms with Crippen LogP contribution in [0, 0.1) is 5.82 Å². The molecule has 0 radical (unpaired) electrons. The van der Waals surface area contributed by atoms with Gasteiger partial charge in [0.05, 0.1) is 30.2 Å². The van der Waals surface area contributed by atoms with Gasteiger partial charge in [0, 0.05) is 13.1 Å². The van der Waals surface area contributed by atoms with E-state index < -0.39 is 0 Å². The summed E-state index contributed by atoms with van der Waals surface area (Å²) >= 11 is 0. The summed E-state index contributed by atoms with van der Waals surface area (Å²) in [5.74, 6) is -0.966. The minimum atomic E-state index is -0.388. The van der Waals surface area contributed by atoms with Crippen molar-refractivity contribution in [2.75, 3.05) is 13.1 Å². The molecule has 0 atom stereocenters. The molecule has 2 amide bonds. The summed E-state index contributed by atoms with van der Waals surface area (Å²) in [4.78, 5) is 42.5. The predicted molar refractivity (Wildman–Crippen MR) is 140 cm³/mol. The summed E-state index contributed by atoms with van der Waals surface area (Å²) in [5, 5.41) is 0.417. The average Bonchev–Trinajstić information content (AvgIpc) is 2.91. The van der Waals surface area contributed by atoms with Gasteiger partial charge in [-0.15, -0.1) is 6.58 Å². The zero-order chi connectivity index (χ0) is 26.2. The van der Waals surface area contributed by atoms with Gasteiger partial charge in [-0.2, -0.15) is 0 Å². The van der Waals surface area contributed by atoms with Crippen molar-refractivity contribution in [3.63, 3.8) is 0 Å². The zero-order valence-electron chi connectivity index (χ0n) is 20.3. The van der Waals surface area contributed by atoms with Gasteiger partial charge in [-0.1, -0.05) is 60.7 Å². The highest BCUT2D eigenvalue weighted by Crippen LogP contribution is 2.15. The molecule has 188 valence electrons. The highest BCUT2D eigenvalue weighted by molar-refractivity contribution is 5.86. The van der Waals surface area contributed by atoms with E-state index in [2.05, 4.69) is 6.58 Å². The largest absolute Gasteiger partial charge is 0.464 e. The van der Waals surface area contributed by atoms with E-state index in [-0.39, 0.29) is 55.7 Å². The topological polar surface area (TPSA) is 70.8 Å². The van der Waals surface area contributed by atoms with E-state index >= 15 is 0 Å². The van der Waals surface area contributed by atoms with E-state index in [0.29, 0.717) is 22.1 Å². The number of nitrogens with zero attached hydrogens (tertiary/aromatic N) is 2. The lowest BCUT2D eigenvalue weighted by molar-refractivity contribution is -0.140. The fourth-order valence-electron chi connectivity index (χ4n) is 4.03. The molecule has 0 bridgehead atoms. The van der Waals surface area contributed by atoms with Crippen LogP contribution in [0.25, 0.3) is 11.0 Å². The maximum absolute atomic E-state index is 13.5. The Hall–Kier alpha value is -4.52. The fraction of sp³-hybridized carbons (Fsp3) is 0.167. The normalized spacial score (nSPS) is 10.7. The van der Waals surface area contributed by atoms with Crippen LogP contribution >= 0.6 is 0 Å². The molecule has 0 fully saturated rings. The minimum Gasteiger partial charge on any atom is -0.464 e. The lowest BCUT2D eigenvalue weighted by atomic mass is 10.1. The average molecular weight is 499 g/mol. The van der Waals surface area contributed by atoms with Crippen LogP contribution in [0.5, 0.6) is 0 Å². The molecular weight excluding hydrogens is 471 g/mol. The zero-order valence-corrected chi connectivity index (χ0v) is 20.3. The van der Waals surface area contributed by atoms with Crippen LogP contribution in [0.2, 0.25) is 0 Å². The molecule has 3 aromatic carbocycles. The Labute approximate surface area is 214 Å². The van der Waals surface area contributed by atoms with Crippen LogP contribution in [0.1, 0.15) is 16.7 Å². The molecule has 0 aliphatic heterocycles. The molecule has 37 heavy (non-hydrogen) atoms. The third-order valence-electron chi connectivity index (χ3n) is 5.98. The molecule has 7 heteroatoms. The first-order valence-electron chi connectivity index (χ1n) is 11.9. The van der Waals surface area contributed by atoms with E-state index in [1.165, 1.54) is 28.2 Å². The first-order chi connectivity index (χ1) is 17.9. The minimum absolute atomic E-state index is 0.0296. The predicted octanol–water partition coefficient (Wildman–Crippen LogP) is 4.72. The second-order valence-corrected chi connectivity index (χ2v) is 8.69. The first kappa shape index (κ1) is 25.6. The van der Waals surface area contributed by atoms with Gasteiger partial charge in [-0.3, -0.25) is 14.4 Å². The van der Waals surface area contributed by atoms with Gasteiger partial charge in [-0.05, 0) is 35.4 Å². The van der Waals surface area contributed by atoms with Gasteiger partial charge < -0.3 is 14.2 Å². The van der Waals surface area contributed by atoms with Gasteiger partial charge in [-0.25, -0.2) is 4.39 Å². The summed E-state index contributed by atoms with van der Waals surface area (Å²) < 4.78 is 19.1. The highest BCUT2D eigenvalue weighted by Gasteiger charge is 2.23. The molecule has 1 heterocycles. The number of fused-ring (bicyclic) bond motifs is 1. The number of rotatable bonds is 10. The van der Waals surface area contributed by atoms with E-state index in [4.69, 9.17) is 4.42 Å². The summed E-state index contributed by atoms with van der Waals surface area (Å²) in [6, 6.07) is 22.0. The molecule has 0 spiro atoms. The molecule has 4 rings (SSSR count). The Morgan fingerprint density at radius 3 is 2.27 bits per heavy atom. The number of benzene rings is 3. The van der Waals surface area contributed by atoms with Crippen molar-refractivity contribution < 1.29 is 18.4 Å². The fourth-order valence-corrected chi connectivity index (χ4v) is 4.03. The molecule has 0 unspecified atom stereocenters. The lowest BCUT2D eigenvalue weighted by Gasteiger charge is -2.27. The first-order valence-corrected chi connectivity index (χ1v) is 11.9. The third kappa shape index (κ3) is 6.58. The van der Waals surface area contributed by atoms with Crippen molar-refractivity contribution in [2.45, 2.75) is 19.5 Å². The second-order valence-electron chi connectivity index (χ2n) is 8.69. The van der Waals surface area contributed by atoms with Gasteiger partial charge in [0.15, 0.2) is 5.43 Å². The summed E-state index contributed by atoms with van der Waals surface area (Å²) in [7, 11) is 0. The van der Waals surface area contributed by atoms with E-state index in [9.17, 15) is 18.8 Å². The molecule has 0 aliphatic carbocycles. The number of amides is 2. The van der Waals surface area contributed by atoms with Crippen molar-refractivity contribution >= 4 is 22.8 Å². The SMILES string of the molecule is C=CCN(CC(=O)N(Cc1ccc(F)cc1)Cc1coc2ccccc2c1=O)C(=O)Cc1ccccc1. The van der Waals surface area contributed by atoms with Crippen molar-refractivity contribution in [3.8, 4) is 0 Å². The van der Waals surface area contributed by atoms with Crippen LogP contribution in [-0.2, 0) is 29.1 Å². The molecular formula is C30H27FN2O4. The van der Waals surface area contributed by atoms with Crippen molar-refractivity contribution in [1.82, 2.24) is 9.80 Å². The van der Waals surface area contributed by atoms with E-state index in [1.807, 2.05) is 30.3 Å². The summed E-state index contributed by atoms with van der Waals surface area (Å²) in [6.45, 7) is 3.81. The van der Waals surface area contributed by atoms with Crippen LogP contribution in [0.4, 0.5) is 4.39 Å². The summed E-state index contributed by atoms with van der Waals surface area (Å²) in [5.41, 5.74) is 2.05. The monoisotopic (exact) mass is 498 g/mol. The van der Waals surface area contributed by atoms with Crippen molar-refractivity contribution in [3.05, 3.63) is 131 Å². The maximum atomic E-state index is 13.5. The van der Waals surface area contributed by atoms with E-state index in [0.717, 1.165) is 5.56 Å². The number of carbonyl (C=O) groups is 2. The van der Waals surface area contributed by atoms with Gasteiger partial charge >= 0.3 is 0 Å². The van der Waals surface area contributed by atoms with E-state index in [1.54, 1.807) is 42.5 Å². The Kier molecular flexibility index (Phi) is 8.26. The number of para-hydroxylation sites is 1. The Balaban J connectivity index is 1.59. The third-order valence-corrected chi connectivity index (χ3v) is 5.98. The quantitative estimate of drug-likeness (QED) is 0.297. The lowest BCUT2D eigenvalue weighted by Crippen LogP contribution is -2.43. The van der Waals surface area contributed by atoms with Crippen LogP contribution < -0.4 is 5.43 Å². The summed E-state index contributed by atoms with van der Waals surface area (Å²) in [6.07, 6.45) is 3.07. The number of halogens is 1. The molecule has 0 aliphatic rings. The molecule has 0 saturated heterocycles. The number of hydrogen-bond donors (Lipinski definition) is 0. The van der Waals surface area contributed by atoms with Crippen molar-refractivity contribution in [2.24, 2.45) is 0 Å². The molecule has 1 aromatic heterocycles.